The van der Waals surface area contributed by atoms with E-state index in [0.29, 0.717) is 36.1 Å². The van der Waals surface area contributed by atoms with Crippen molar-refractivity contribution in [3.8, 4) is 0 Å². The van der Waals surface area contributed by atoms with Gasteiger partial charge in [0.2, 0.25) is 5.92 Å². The minimum Gasteiger partial charge on any atom is -0.319 e. The number of alkyl halides is 2. The lowest BCUT2D eigenvalue weighted by Crippen LogP contribution is -2.38. The largest absolute Gasteiger partial charge is 0.319 e. The van der Waals surface area contributed by atoms with Crippen LogP contribution in [0.25, 0.3) is 0 Å². The number of carbonyl (C=O) groups excluding carboxylic acids is 1. The molecule has 2 aliphatic rings. The van der Waals surface area contributed by atoms with E-state index in [9.17, 15) is 13.6 Å². The van der Waals surface area contributed by atoms with Gasteiger partial charge in [0, 0.05) is 49.1 Å². The Morgan fingerprint density at radius 1 is 1.32 bits per heavy atom. The molecule has 2 fully saturated rings. The Kier molecular flexibility index (Phi) is 5.19. The Morgan fingerprint density at radius 3 is 2.82 bits per heavy atom. The summed E-state index contributed by atoms with van der Waals surface area (Å²) < 4.78 is 28.4. The van der Waals surface area contributed by atoms with Crippen molar-refractivity contribution < 1.29 is 13.6 Å². The average molecular weight is 388 g/mol. The number of aryl methyl sites for hydroxylation is 1. The van der Waals surface area contributed by atoms with E-state index in [2.05, 4.69) is 15.7 Å². The highest BCUT2D eigenvalue weighted by molar-refractivity contribution is 6.04. The third-order valence-corrected chi connectivity index (χ3v) is 5.75. The van der Waals surface area contributed by atoms with Crippen LogP contribution in [0.1, 0.15) is 60.9 Å². The molecule has 7 heteroatoms. The van der Waals surface area contributed by atoms with Crippen LogP contribution >= 0.6 is 0 Å². The van der Waals surface area contributed by atoms with Crippen LogP contribution in [0.4, 0.5) is 14.5 Å². The van der Waals surface area contributed by atoms with Gasteiger partial charge in [-0.25, -0.2) is 8.78 Å². The highest BCUT2D eigenvalue weighted by Crippen LogP contribution is 2.43. The van der Waals surface area contributed by atoms with Gasteiger partial charge < -0.3 is 10.6 Å². The Labute approximate surface area is 163 Å². The van der Waals surface area contributed by atoms with Crippen LogP contribution in [0.15, 0.2) is 36.7 Å². The number of amides is 1. The number of nitrogens with zero attached hydrogens (tertiary/aromatic N) is 2. The van der Waals surface area contributed by atoms with Gasteiger partial charge in [-0.05, 0) is 43.9 Å². The second-order valence-corrected chi connectivity index (χ2v) is 7.91. The number of halogens is 2. The fourth-order valence-electron chi connectivity index (χ4n) is 3.97. The number of anilines is 1. The van der Waals surface area contributed by atoms with E-state index in [4.69, 9.17) is 0 Å². The molecule has 0 radical (unpaired) electrons. The zero-order valence-corrected chi connectivity index (χ0v) is 16.0. The van der Waals surface area contributed by atoms with Crippen molar-refractivity contribution in [3.05, 3.63) is 47.8 Å². The smallest absolute Gasteiger partial charge is 0.255 e. The maximum absolute atomic E-state index is 13.3. The van der Waals surface area contributed by atoms with Crippen molar-refractivity contribution in [3.63, 3.8) is 0 Å². The molecule has 2 unspecified atom stereocenters. The molecule has 0 aliphatic heterocycles. The van der Waals surface area contributed by atoms with E-state index in [1.165, 1.54) is 0 Å². The summed E-state index contributed by atoms with van der Waals surface area (Å²) in [5, 5.41) is 10.6. The van der Waals surface area contributed by atoms with Crippen LogP contribution in [0.3, 0.4) is 0 Å². The van der Waals surface area contributed by atoms with Gasteiger partial charge in [-0.2, -0.15) is 5.10 Å². The van der Waals surface area contributed by atoms with Gasteiger partial charge in [0.15, 0.2) is 0 Å². The maximum atomic E-state index is 13.3. The molecule has 1 aromatic heterocycles. The zero-order valence-electron chi connectivity index (χ0n) is 16.0. The van der Waals surface area contributed by atoms with Crippen LogP contribution < -0.4 is 10.6 Å². The summed E-state index contributed by atoms with van der Waals surface area (Å²) in [6, 6.07) is 8.16. The van der Waals surface area contributed by atoms with Gasteiger partial charge in [0.1, 0.15) is 0 Å². The molecule has 0 saturated heterocycles. The minimum absolute atomic E-state index is 0.0215. The Bertz CT molecular complexity index is 840. The first-order valence-corrected chi connectivity index (χ1v) is 10.0. The molecule has 2 aromatic rings. The molecule has 2 N–H and O–H groups in total. The molecular formula is C21H26F2N4O. The van der Waals surface area contributed by atoms with E-state index in [0.717, 1.165) is 18.5 Å². The molecule has 1 heterocycles. The summed E-state index contributed by atoms with van der Waals surface area (Å²) in [4.78, 5) is 12.5. The molecule has 0 spiro atoms. The average Bonchev–Trinajstić information content (AvgIpc) is 3.31. The molecular weight excluding hydrogens is 362 g/mol. The Morgan fingerprint density at radius 2 is 2.11 bits per heavy atom. The summed E-state index contributed by atoms with van der Waals surface area (Å²) in [5.74, 6) is -2.30. The number of hydrogen-bond acceptors (Lipinski definition) is 3. The minimum atomic E-state index is -2.49. The highest BCUT2D eigenvalue weighted by atomic mass is 19.3. The van der Waals surface area contributed by atoms with Crippen LogP contribution in [-0.2, 0) is 6.54 Å². The standard InChI is InChI=1S/C21H26F2N4O/c1-2-27-13-17(12-24-27)26-20(28)15-5-3-4-14(10-15)18-11-19(18)25-16-6-8-21(22,23)9-7-16/h3-5,10,12-13,16,18-19,25H,2,6-9,11H2,1H3,(H,26,28). The quantitative estimate of drug-likeness (QED) is 0.781. The molecule has 1 amide bonds. The fraction of sp³-hybridized carbons (Fsp3) is 0.524. The lowest BCUT2D eigenvalue weighted by molar-refractivity contribution is -0.0405. The topological polar surface area (TPSA) is 59.0 Å². The van der Waals surface area contributed by atoms with Gasteiger partial charge in [-0.1, -0.05) is 12.1 Å². The Balaban J connectivity index is 1.33. The van der Waals surface area contributed by atoms with Crippen molar-refractivity contribution >= 4 is 11.6 Å². The molecule has 150 valence electrons. The van der Waals surface area contributed by atoms with Crippen LogP contribution in [0.2, 0.25) is 0 Å². The molecule has 2 atom stereocenters. The predicted octanol–water partition coefficient (Wildman–Crippen LogP) is 4.18. The molecule has 2 aliphatic carbocycles. The van der Waals surface area contributed by atoms with Gasteiger partial charge in [-0.3, -0.25) is 9.48 Å². The molecule has 1 aromatic carbocycles. The SMILES string of the molecule is CCn1cc(NC(=O)c2cccc(C3CC3NC3CCC(F)(F)CC3)c2)cn1. The number of rotatable bonds is 6. The van der Waals surface area contributed by atoms with Crippen molar-refractivity contribution in [2.24, 2.45) is 0 Å². The second-order valence-electron chi connectivity index (χ2n) is 7.91. The Hall–Kier alpha value is -2.28. The fourth-order valence-corrected chi connectivity index (χ4v) is 3.97. The van der Waals surface area contributed by atoms with E-state index in [1.54, 1.807) is 23.1 Å². The molecule has 2 saturated carbocycles. The van der Waals surface area contributed by atoms with Gasteiger partial charge >= 0.3 is 0 Å². The summed E-state index contributed by atoms with van der Waals surface area (Å²) >= 11 is 0. The van der Waals surface area contributed by atoms with Crippen molar-refractivity contribution in [1.29, 1.82) is 0 Å². The number of benzene rings is 1. The van der Waals surface area contributed by atoms with Crippen LogP contribution in [0, 0.1) is 0 Å². The van der Waals surface area contributed by atoms with Crippen LogP contribution in [-0.4, -0.2) is 33.7 Å². The number of nitrogens with one attached hydrogen (secondary N) is 2. The van der Waals surface area contributed by atoms with Gasteiger partial charge in [0.25, 0.3) is 5.91 Å². The van der Waals surface area contributed by atoms with Crippen molar-refractivity contribution in [2.75, 3.05) is 5.32 Å². The van der Waals surface area contributed by atoms with E-state index in [1.807, 2.05) is 25.1 Å². The molecule has 5 nitrogen and oxygen atoms in total. The first-order chi connectivity index (χ1) is 13.4. The number of hydrogen-bond donors (Lipinski definition) is 2. The third-order valence-electron chi connectivity index (χ3n) is 5.75. The maximum Gasteiger partial charge on any atom is 0.255 e. The predicted molar refractivity (Wildman–Crippen MR) is 104 cm³/mol. The lowest BCUT2D eigenvalue weighted by Gasteiger charge is -2.29. The first kappa shape index (κ1) is 19.1. The van der Waals surface area contributed by atoms with Gasteiger partial charge in [-0.15, -0.1) is 0 Å². The lowest BCUT2D eigenvalue weighted by atomic mass is 9.92. The van der Waals surface area contributed by atoms with Crippen molar-refractivity contribution in [1.82, 2.24) is 15.1 Å². The van der Waals surface area contributed by atoms with Crippen molar-refractivity contribution in [2.45, 2.75) is 69.5 Å². The summed E-state index contributed by atoms with van der Waals surface area (Å²) in [5.41, 5.74) is 2.41. The molecule has 28 heavy (non-hydrogen) atoms. The van der Waals surface area contributed by atoms with Crippen LogP contribution in [0.5, 0.6) is 0 Å². The van der Waals surface area contributed by atoms with Gasteiger partial charge in [0.05, 0.1) is 11.9 Å². The van der Waals surface area contributed by atoms with E-state index < -0.39 is 5.92 Å². The van der Waals surface area contributed by atoms with E-state index >= 15 is 0 Å². The third kappa shape index (κ3) is 4.41. The molecule has 4 rings (SSSR count). The monoisotopic (exact) mass is 388 g/mol. The normalized spacial score (nSPS) is 24.1. The highest BCUT2D eigenvalue weighted by Gasteiger charge is 2.42. The number of aromatic nitrogens is 2. The summed E-state index contributed by atoms with van der Waals surface area (Å²) in [6.07, 6.45) is 5.45. The summed E-state index contributed by atoms with van der Waals surface area (Å²) in [6.45, 7) is 2.74. The van der Waals surface area contributed by atoms with E-state index in [-0.39, 0.29) is 24.8 Å². The zero-order chi connectivity index (χ0) is 19.7. The number of carbonyl (C=O) groups is 1. The summed E-state index contributed by atoms with van der Waals surface area (Å²) in [7, 11) is 0. The second kappa shape index (κ2) is 7.62. The molecule has 0 bridgehead atoms. The first-order valence-electron chi connectivity index (χ1n) is 10.0.